The average molecular weight is 405 g/mol. The van der Waals surface area contributed by atoms with Gasteiger partial charge in [-0.2, -0.15) is 10.4 Å². The van der Waals surface area contributed by atoms with Gasteiger partial charge in [-0.05, 0) is 42.5 Å². The van der Waals surface area contributed by atoms with Gasteiger partial charge in [-0.1, -0.05) is 12.1 Å². The molecule has 0 aliphatic rings. The number of carbonyl (C=O) groups excluding carboxylic acids is 2. The minimum absolute atomic E-state index is 0.0994. The van der Waals surface area contributed by atoms with Gasteiger partial charge in [0, 0.05) is 5.69 Å². The smallest absolute Gasteiger partial charge is 0.265 e. The number of thiophene rings is 1. The summed E-state index contributed by atoms with van der Waals surface area (Å²) in [6.45, 7) is 0. The van der Waals surface area contributed by atoms with Crippen LogP contribution in [0.1, 0.15) is 25.6 Å². The van der Waals surface area contributed by atoms with Crippen molar-refractivity contribution < 1.29 is 14.0 Å². The quantitative estimate of drug-likeness (QED) is 0.474. The van der Waals surface area contributed by atoms with Crippen LogP contribution < -0.4 is 10.6 Å². The fourth-order valence-corrected chi connectivity index (χ4v) is 3.56. The topological polar surface area (TPSA) is 111 Å². The van der Waals surface area contributed by atoms with Crippen LogP contribution >= 0.6 is 11.3 Å². The summed E-state index contributed by atoms with van der Waals surface area (Å²) in [6.07, 6.45) is 0. The molecule has 2 heterocycles. The zero-order chi connectivity index (χ0) is 20.4. The van der Waals surface area contributed by atoms with Crippen LogP contribution in [0.5, 0.6) is 0 Å². The maximum Gasteiger partial charge on any atom is 0.265 e. The van der Waals surface area contributed by atoms with Gasteiger partial charge in [0.25, 0.3) is 11.8 Å². The number of hydrogen-bond donors (Lipinski definition) is 3. The van der Waals surface area contributed by atoms with Crippen LogP contribution in [-0.2, 0) is 0 Å². The van der Waals surface area contributed by atoms with E-state index < -0.39 is 11.7 Å². The van der Waals surface area contributed by atoms with Crippen molar-refractivity contribution in [1.29, 1.82) is 5.26 Å². The summed E-state index contributed by atoms with van der Waals surface area (Å²) in [6, 6.07) is 15.7. The molecule has 0 saturated heterocycles. The largest absolute Gasteiger partial charge is 0.321 e. The van der Waals surface area contributed by atoms with Gasteiger partial charge in [-0.15, -0.1) is 11.3 Å². The van der Waals surface area contributed by atoms with E-state index in [1.54, 1.807) is 36.4 Å². The fraction of sp³-hybridized carbons (Fsp3) is 0. The summed E-state index contributed by atoms with van der Waals surface area (Å²) < 4.78 is 13.8. The predicted octanol–water partition coefficient (Wildman–Crippen LogP) is 4.14. The summed E-state index contributed by atoms with van der Waals surface area (Å²) in [5.74, 6) is -1.39. The minimum Gasteiger partial charge on any atom is -0.321 e. The van der Waals surface area contributed by atoms with Crippen molar-refractivity contribution in [3.05, 3.63) is 76.4 Å². The highest BCUT2D eigenvalue weighted by atomic mass is 32.1. The lowest BCUT2D eigenvalue weighted by Crippen LogP contribution is -2.14. The number of H-pyrrole nitrogens is 1. The van der Waals surface area contributed by atoms with Crippen molar-refractivity contribution in [3.63, 3.8) is 0 Å². The number of anilines is 2. The van der Waals surface area contributed by atoms with Crippen LogP contribution in [0.4, 0.5) is 15.9 Å². The van der Waals surface area contributed by atoms with E-state index in [0.717, 1.165) is 0 Å². The number of rotatable bonds is 4. The van der Waals surface area contributed by atoms with Crippen molar-refractivity contribution in [2.75, 3.05) is 10.6 Å². The zero-order valence-corrected chi connectivity index (χ0v) is 15.5. The van der Waals surface area contributed by atoms with E-state index in [1.165, 1.54) is 29.5 Å². The number of hydrogen-bond acceptors (Lipinski definition) is 5. The number of amides is 2. The van der Waals surface area contributed by atoms with E-state index in [1.807, 2.05) is 6.07 Å². The molecule has 0 radical (unpaired) electrons. The first kappa shape index (κ1) is 18.3. The van der Waals surface area contributed by atoms with Gasteiger partial charge in [0.05, 0.1) is 27.5 Å². The SMILES string of the molecule is N#Cc1ccc(NC(=O)c2cc3c(NC(=O)c4ccccc4F)n[nH]c3s2)cc1. The van der Waals surface area contributed by atoms with Gasteiger partial charge < -0.3 is 10.6 Å². The highest BCUT2D eigenvalue weighted by molar-refractivity contribution is 7.20. The molecule has 4 aromatic rings. The summed E-state index contributed by atoms with van der Waals surface area (Å²) in [5, 5.41) is 21.5. The zero-order valence-electron chi connectivity index (χ0n) is 14.7. The predicted molar refractivity (Wildman–Crippen MR) is 107 cm³/mol. The van der Waals surface area contributed by atoms with Crippen LogP contribution in [0.2, 0.25) is 0 Å². The molecule has 0 aliphatic carbocycles. The van der Waals surface area contributed by atoms with Crippen molar-refractivity contribution in [2.45, 2.75) is 0 Å². The number of nitriles is 1. The normalized spacial score (nSPS) is 10.5. The van der Waals surface area contributed by atoms with Crippen molar-refractivity contribution in [3.8, 4) is 6.07 Å². The van der Waals surface area contributed by atoms with Crippen LogP contribution in [-0.4, -0.2) is 22.0 Å². The Bertz CT molecular complexity index is 1270. The van der Waals surface area contributed by atoms with Gasteiger partial charge in [0.2, 0.25) is 0 Å². The third-order valence-corrected chi connectivity index (χ3v) is 5.14. The Morgan fingerprint density at radius 2 is 1.83 bits per heavy atom. The van der Waals surface area contributed by atoms with Crippen molar-refractivity contribution >= 4 is 44.9 Å². The minimum atomic E-state index is -0.635. The number of benzene rings is 2. The van der Waals surface area contributed by atoms with Gasteiger partial charge in [0.1, 0.15) is 10.6 Å². The van der Waals surface area contributed by atoms with Crippen LogP contribution in [0, 0.1) is 17.1 Å². The standard InChI is InChI=1S/C20H12FN5O2S/c21-15-4-2-1-3-13(15)18(27)24-17-14-9-16(29-20(14)26-25-17)19(28)23-12-7-5-11(10-22)6-8-12/h1-9H,(H,23,28)(H2,24,25,26,27). The molecule has 7 nitrogen and oxygen atoms in total. The van der Waals surface area contributed by atoms with E-state index in [0.29, 0.717) is 26.3 Å². The number of nitrogens with one attached hydrogen (secondary N) is 3. The Balaban J connectivity index is 1.53. The number of halogens is 1. The number of aromatic nitrogens is 2. The average Bonchev–Trinajstić information content (AvgIpc) is 3.31. The molecule has 0 saturated carbocycles. The summed E-state index contributed by atoms with van der Waals surface area (Å²) >= 11 is 1.17. The summed E-state index contributed by atoms with van der Waals surface area (Å²) in [5.41, 5.74) is 0.948. The van der Waals surface area contributed by atoms with E-state index in [2.05, 4.69) is 20.8 Å². The second-order valence-corrected chi connectivity index (χ2v) is 7.06. The number of aromatic amines is 1. The Hall–Kier alpha value is -4.03. The monoisotopic (exact) mass is 405 g/mol. The molecule has 4 rings (SSSR count). The Morgan fingerprint density at radius 3 is 2.55 bits per heavy atom. The third kappa shape index (κ3) is 3.69. The molecule has 0 atom stereocenters. The molecule has 2 aromatic carbocycles. The Kier molecular flexibility index (Phi) is 4.76. The molecule has 0 spiro atoms. The molecule has 0 unspecified atom stereocenters. The Labute approximate surface area is 167 Å². The first-order valence-corrected chi connectivity index (χ1v) is 9.22. The van der Waals surface area contributed by atoms with E-state index in [-0.39, 0.29) is 17.3 Å². The number of carbonyl (C=O) groups is 2. The molecular weight excluding hydrogens is 393 g/mol. The molecule has 2 amide bonds. The highest BCUT2D eigenvalue weighted by Crippen LogP contribution is 2.30. The lowest BCUT2D eigenvalue weighted by atomic mass is 10.2. The van der Waals surface area contributed by atoms with Crippen molar-refractivity contribution in [1.82, 2.24) is 10.2 Å². The first-order valence-electron chi connectivity index (χ1n) is 8.40. The van der Waals surface area contributed by atoms with E-state index in [9.17, 15) is 14.0 Å². The molecule has 0 fully saturated rings. The summed E-state index contributed by atoms with van der Waals surface area (Å²) in [7, 11) is 0. The second kappa shape index (κ2) is 7.53. The van der Waals surface area contributed by atoms with E-state index >= 15 is 0 Å². The fourth-order valence-electron chi connectivity index (χ4n) is 2.67. The molecule has 9 heteroatoms. The second-order valence-electron chi connectivity index (χ2n) is 6.00. The third-order valence-electron chi connectivity index (χ3n) is 4.10. The maximum atomic E-state index is 13.8. The van der Waals surface area contributed by atoms with Gasteiger partial charge in [0.15, 0.2) is 5.82 Å². The highest BCUT2D eigenvalue weighted by Gasteiger charge is 2.18. The maximum absolute atomic E-state index is 13.8. The lowest BCUT2D eigenvalue weighted by Gasteiger charge is -2.03. The Morgan fingerprint density at radius 1 is 1.07 bits per heavy atom. The lowest BCUT2D eigenvalue weighted by molar-refractivity contribution is 0.101. The summed E-state index contributed by atoms with van der Waals surface area (Å²) in [4.78, 5) is 25.8. The molecule has 142 valence electrons. The first-order chi connectivity index (χ1) is 14.0. The van der Waals surface area contributed by atoms with Crippen LogP contribution in [0.15, 0.2) is 54.6 Å². The van der Waals surface area contributed by atoms with Crippen LogP contribution in [0.3, 0.4) is 0 Å². The number of nitrogens with zero attached hydrogens (tertiary/aromatic N) is 2. The molecule has 3 N–H and O–H groups in total. The van der Waals surface area contributed by atoms with Crippen molar-refractivity contribution in [2.24, 2.45) is 0 Å². The van der Waals surface area contributed by atoms with Gasteiger partial charge in [-0.25, -0.2) is 4.39 Å². The molecular formula is C20H12FN5O2S. The molecule has 2 aromatic heterocycles. The van der Waals surface area contributed by atoms with E-state index in [4.69, 9.17) is 5.26 Å². The molecule has 29 heavy (non-hydrogen) atoms. The number of fused-ring (bicyclic) bond motifs is 1. The molecule has 0 aliphatic heterocycles. The molecule has 0 bridgehead atoms. The van der Waals surface area contributed by atoms with Crippen LogP contribution in [0.25, 0.3) is 10.2 Å². The van der Waals surface area contributed by atoms with Gasteiger partial charge >= 0.3 is 0 Å². The van der Waals surface area contributed by atoms with Gasteiger partial charge in [-0.3, -0.25) is 14.7 Å².